The Morgan fingerprint density at radius 2 is 2.05 bits per heavy atom. The van der Waals surface area contributed by atoms with Crippen molar-refractivity contribution in [3.8, 4) is 0 Å². The number of carbonyl (C=O) groups excluding carboxylic acids is 1. The number of nitrogens with zero attached hydrogens (tertiary/aromatic N) is 2. The van der Waals surface area contributed by atoms with Gasteiger partial charge in [-0.25, -0.2) is 9.97 Å². The van der Waals surface area contributed by atoms with Crippen molar-refractivity contribution < 1.29 is 4.79 Å². The molecule has 1 aliphatic carbocycles. The zero-order valence-electron chi connectivity index (χ0n) is 12.7. The zero-order valence-corrected chi connectivity index (χ0v) is 13.5. The van der Waals surface area contributed by atoms with Crippen LogP contribution in [0.2, 0.25) is 0 Å². The highest BCUT2D eigenvalue weighted by Crippen LogP contribution is 2.37. The minimum absolute atomic E-state index is 0. The second-order valence-electron chi connectivity index (χ2n) is 5.68. The standard InChI is InChI=1S/C15H24N4O.ClH/c1-3-10(2)13(16)15(20)17-7-6-11-8-18-14(19-9-11)12-4-5-12;/h8-10,12-13H,3-7,16H2,1-2H3,(H,17,20);1H. The minimum Gasteiger partial charge on any atom is -0.354 e. The molecule has 118 valence electrons. The summed E-state index contributed by atoms with van der Waals surface area (Å²) in [7, 11) is 0. The lowest BCUT2D eigenvalue weighted by Crippen LogP contribution is -2.45. The van der Waals surface area contributed by atoms with Crippen LogP contribution in [0.5, 0.6) is 0 Å². The number of nitrogens with two attached hydrogens (primary N) is 1. The molecule has 0 saturated heterocycles. The Kier molecular flexibility index (Phi) is 7.05. The summed E-state index contributed by atoms with van der Waals surface area (Å²) in [5.41, 5.74) is 6.92. The summed E-state index contributed by atoms with van der Waals surface area (Å²) >= 11 is 0. The first kappa shape index (κ1) is 17.9. The van der Waals surface area contributed by atoms with E-state index < -0.39 is 6.04 Å². The van der Waals surface area contributed by atoms with Crippen LogP contribution in [-0.2, 0) is 11.2 Å². The van der Waals surface area contributed by atoms with E-state index in [1.807, 2.05) is 26.2 Å². The second-order valence-corrected chi connectivity index (χ2v) is 5.68. The minimum atomic E-state index is -0.423. The zero-order chi connectivity index (χ0) is 14.5. The summed E-state index contributed by atoms with van der Waals surface area (Å²) in [6, 6.07) is -0.423. The number of rotatable bonds is 7. The summed E-state index contributed by atoms with van der Waals surface area (Å²) in [6.45, 7) is 4.61. The number of halogens is 1. The summed E-state index contributed by atoms with van der Waals surface area (Å²) < 4.78 is 0. The molecule has 0 bridgehead atoms. The topological polar surface area (TPSA) is 80.9 Å². The monoisotopic (exact) mass is 312 g/mol. The smallest absolute Gasteiger partial charge is 0.237 e. The fourth-order valence-electron chi connectivity index (χ4n) is 2.01. The second kappa shape index (κ2) is 8.29. The van der Waals surface area contributed by atoms with Crippen LogP contribution in [0.25, 0.3) is 0 Å². The van der Waals surface area contributed by atoms with Gasteiger partial charge in [-0.1, -0.05) is 20.3 Å². The van der Waals surface area contributed by atoms with E-state index in [4.69, 9.17) is 5.73 Å². The summed E-state index contributed by atoms with van der Waals surface area (Å²) in [6.07, 6.45) is 7.80. The van der Waals surface area contributed by atoms with Crippen LogP contribution >= 0.6 is 12.4 Å². The molecule has 21 heavy (non-hydrogen) atoms. The lowest BCUT2D eigenvalue weighted by Gasteiger charge is -2.17. The number of nitrogens with one attached hydrogen (secondary N) is 1. The number of aromatic nitrogens is 2. The lowest BCUT2D eigenvalue weighted by molar-refractivity contribution is -0.123. The van der Waals surface area contributed by atoms with Gasteiger partial charge in [-0.15, -0.1) is 12.4 Å². The van der Waals surface area contributed by atoms with Gasteiger partial charge in [0.05, 0.1) is 6.04 Å². The average molecular weight is 313 g/mol. The Bertz CT molecular complexity index is 447. The molecule has 1 aliphatic rings. The quantitative estimate of drug-likeness (QED) is 0.804. The molecule has 1 aromatic heterocycles. The first-order valence-electron chi connectivity index (χ1n) is 7.46. The fourth-order valence-corrected chi connectivity index (χ4v) is 2.01. The maximum Gasteiger partial charge on any atom is 0.237 e. The van der Waals surface area contributed by atoms with Gasteiger partial charge in [-0.2, -0.15) is 0 Å². The van der Waals surface area contributed by atoms with E-state index in [1.54, 1.807) is 0 Å². The third-order valence-electron chi connectivity index (χ3n) is 3.94. The van der Waals surface area contributed by atoms with Crippen molar-refractivity contribution >= 4 is 18.3 Å². The Balaban J connectivity index is 0.00000220. The van der Waals surface area contributed by atoms with Gasteiger partial charge in [0.2, 0.25) is 5.91 Å². The van der Waals surface area contributed by atoms with Crippen LogP contribution in [0, 0.1) is 5.92 Å². The van der Waals surface area contributed by atoms with Crippen molar-refractivity contribution in [1.29, 1.82) is 0 Å². The highest BCUT2D eigenvalue weighted by Gasteiger charge is 2.26. The molecule has 1 aromatic rings. The molecule has 3 N–H and O–H groups in total. The van der Waals surface area contributed by atoms with Crippen molar-refractivity contribution in [3.63, 3.8) is 0 Å². The van der Waals surface area contributed by atoms with E-state index in [0.29, 0.717) is 12.5 Å². The molecule has 0 spiro atoms. The number of carbonyl (C=O) groups is 1. The Labute approximate surface area is 132 Å². The van der Waals surface area contributed by atoms with E-state index >= 15 is 0 Å². The average Bonchev–Trinajstić information content (AvgIpc) is 3.31. The Morgan fingerprint density at radius 1 is 1.43 bits per heavy atom. The first-order chi connectivity index (χ1) is 9.61. The summed E-state index contributed by atoms with van der Waals surface area (Å²) in [5.74, 6) is 1.67. The Hall–Kier alpha value is -1.20. The molecule has 0 aromatic carbocycles. The first-order valence-corrected chi connectivity index (χ1v) is 7.46. The molecule has 1 saturated carbocycles. The van der Waals surface area contributed by atoms with Crippen molar-refractivity contribution in [2.45, 2.75) is 51.5 Å². The molecule has 0 radical (unpaired) electrons. The van der Waals surface area contributed by atoms with Gasteiger partial charge in [0.15, 0.2) is 0 Å². The van der Waals surface area contributed by atoms with Crippen molar-refractivity contribution in [2.24, 2.45) is 11.7 Å². The fraction of sp³-hybridized carbons (Fsp3) is 0.667. The molecular formula is C15H25ClN4O. The van der Waals surface area contributed by atoms with Gasteiger partial charge in [-0.05, 0) is 30.7 Å². The van der Waals surface area contributed by atoms with Gasteiger partial charge < -0.3 is 11.1 Å². The van der Waals surface area contributed by atoms with Crippen molar-refractivity contribution in [1.82, 2.24) is 15.3 Å². The van der Waals surface area contributed by atoms with E-state index in [1.165, 1.54) is 12.8 Å². The molecule has 2 unspecified atom stereocenters. The molecule has 1 amide bonds. The van der Waals surface area contributed by atoms with Gasteiger partial charge in [0.1, 0.15) is 5.82 Å². The highest BCUT2D eigenvalue weighted by molar-refractivity contribution is 5.85. The normalized spacial score (nSPS) is 16.7. The molecular weight excluding hydrogens is 288 g/mol. The number of amides is 1. The number of hydrogen-bond donors (Lipinski definition) is 2. The van der Waals surface area contributed by atoms with Crippen molar-refractivity contribution in [3.05, 3.63) is 23.8 Å². The SMILES string of the molecule is CCC(C)C(N)C(=O)NCCc1cnc(C2CC2)nc1.Cl. The van der Waals surface area contributed by atoms with Gasteiger partial charge >= 0.3 is 0 Å². The molecule has 1 fully saturated rings. The van der Waals surface area contributed by atoms with E-state index in [9.17, 15) is 4.79 Å². The van der Waals surface area contributed by atoms with Gasteiger partial charge in [0, 0.05) is 24.9 Å². The molecule has 0 aliphatic heterocycles. The van der Waals surface area contributed by atoms with Crippen LogP contribution in [0.15, 0.2) is 12.4 Å². The van der Waals surface area contributed by atoms with E-state index in [-0.39, 0.29) is 24.2 Å². The third-order valence-corrected chi connectivity index (χ3v) is 3.94. The summed E-state index contributed by atoms with van der Waals surface area (Å²) in [5, 5.41) is 2.88. The maximum atomic E-state index is 11.8. The largest absolute Gasteiger partial charge is 0.354 e. The van der Waals surface area contributed by atoms with Crippen LogP contribution in [0.3, 0.4) is 0 Å². The predicted molar refractivity (Wildman–Crippen MR) is 85.4 cm³/mol. The maximum absolute atomic E-state index is 11.8. The highest BCUT2D eigenvalue weighted by atomic mass is 35.5. The van der Waals surface area contributed by atoms with E-state index in [0.717, 1.165) is 24.2 Å². The molecule has 2 atom stereocenters. The lowest BCUT2D eigenvalue weighted by atomic mass is 9.99. The third kappa shape index (κ3) is 5.25. The number of hydrogen-bond acceptors (Lipinski definition) is 4. The van der Waals surface area contributed by atoms with E-state index in [2.05, 4.69) is 15.3 Å². The van der Waals surface area contributed by atoms with Gasteiger partial charge in [0.25, 0.3) is 0 Å². The van der Waals surface area contributed by atoms with Crippen LogP contribution in [-0.4, -0.2) is 28.5 Å². The summed E-state index contributed by atoms with van der Waals surface area (Å²) in [4.78, 5) is 20.6. The Morgan fingerprint density at radius 3 is 2.57 bits per heavy atom. The van der Waals surface area contributed by atoms with Gasteiger partial charge in [-0.3, -0.25) is 4.79 Å². The molecule has 5 nitrogen and oxygen atoms in total. The van der Waals surface area contributed by atoms with Crippen LogP contribution in [0.4, 0.5) is 0 Å². The van der Waals surface area contributed by atoms with Crippen LogP contribution in [0.1, 0.15) is 50.4 Å². The van der Waals surface area contributed by atoms with Crippen LogP contribution < -0.4 is 11.1 Å². The molecule has 1 heterocycles. The molecule has 2 rings (SSSR count). The van der Waals surface area contributed by atoms with Crippen molar-refractivity contribution in [2.75, 3.05) is 6.54 Å². The predicted octanol–water partition coefficient (Wildman–Crippen LogP) is 1.81. The molecule has 6 heteroatoms.